The summed E-state index contributed by atoms with van der Waals surface area (Å²) in [5, 5.41) is 0. The second-order valence-corrected chi connectivity index (χ2v) is 6.74. The SMILES string of the molecule is Cc1nccnc1CC[C@@H]1COCCN1C(=O)CCN1CCCC1. The van der Waals surface area contributed by atoms with Gasteiger partial charge >= 0.3 is 0 Å². The first-order chi connectivity index (χ1) is 11.7. The molecular formula is C18H28N4O2. The van der Waals surface area contributed by atoms with Crippen molar-refractivity contribution in [1.82, 2.24) is 19.8 Å². The van der Waals surface area contributed by atoms with Crippen LogP contribution in [-0.2, 0) is 16.0 Å². The van der Waals surface area contributed by atoms with Gasteiger partial charge in [-0.15, -0.1) is 0 Å². The van der Waals surface area contributed by atoms with Gasteiger partial charge in [0.15, 0.2) is 0 Å². The van der Waals surface area contributed by atoms with Gasteiger partial charge in [0.1, 0.15) is 0 Å². The number of ether oxygens (including phenoxy) is 1. The number of aryl methyl sites for hydroxylation is 2. The fourth-order valence-electron chi connectivity index (χ4n) is 3.61. The first-order valence-corrected chi connectivity index (χ1v) is 9.10. The number of rotatable bonds is 6. The number of carbonyl (C=O) groups excluding carboxylic acids is 1. The first kappa shape index (κ1) is 17.3. The van der Waals surface area contributed by atoms with Crippen molar-refractivity contribution in [2.75, 3.05) is 39.4 Å². The van der Waals surface area contributed by atoms with Crippen LogP contribution >= 0.6 is 0 Å². The summed E-state index contributed by atoms with van der Waals surface area (Å²) >= 11 is 0. The predicted octanol–water partition coefficient (Wildman–Crippen LogP) is 1.43. The minimum absolute atomic E-state index is 0.159. The van der Waals surface area contributed by atoms with Crippen LogP contribution in [0, 0.1) is 6.92 Å². The van der Waals surface area contributed by atoms with E-state index in [-0.39, 0.29) is 11.9 Å². The smallest absolute Gasteiger partial charge is 0.224 e. The fourth-order valence-corrected chi connectivity index (χ4v) is 3.61. The zero-order valence-corrected chi connectivity index (χ0v) is 14.6. The summed E-state index contributed by atoms with van der Waals surface area (Å²) in [5.41, 5.74) is 1.99. The maximum atomic E-state index is 12.7. The highest BCUT2D eigenvalue weighted by Gasteiger charge is 2.27. The largest absolute Gasteiger partial charge is 0.377 e. The summed E-state index contributed by atoms with van der Waals surface area (Å²) in [5.74, 6) is 0.270. The van der Waals surface area contributed by atoms with Gasteiger partial charge in [0.25, 0.3) is 0 Å². The molecule has 2 saturated heterocycles. The third kappa shape index (κ3) is 4.51. The van der Waals surface area contributed by atoms with Crippen LogP contribution < -0.4 is 0 Å². The summed E-state index contributed by atoms with van der Waals surface area (Å²) in [4.78, 5) is 25.8. The number of aromatic nitrogens is 2. The second kappa shape index (κ2) is 8.53. The van der Waals surface area contributed by atoms with Gasteiger partial charge in [-0.25, -0.2) is 0 Å². The third-order valence-corrected chi connectivity index (χ3v) is 5.09. The number of hydrogen-bond donors (Lipinski definition) is 0. The standard InChI is InChI=1S/C18H28N4O2/c1-15-17(20-8-7-19-15)5-4-16-14-24-13-12-22(16)18(23)6-11-21-9-2-3-10-21/h7-8,16H,2-6,9-14H2,1H3/t16-/m1/s1. The van der Waals surface area contributed by atoms with Crippen molar-refractivity contribution in [2.24, 2.45) is 0 Å². The Labute approximate surface area is 144 Å². The van der Waals surface area contributed by atoms with Crippen molar-refractivity contribution in [1.29, 1.82) is 0 Å². The molecule has 6 heteroatoms. The molecule has 0 aliphatic carbocycles. The van der Waals surface area contributed by atoms with Crippen molar-refractivity contribution < 1.29 is 9.53 Å². The minimum Gasteiger partial charge on any atom is -0.377 e. The molecule has 2 aliphatic heterocycles. The quantitative estimate of drug-likeness (QED) is 0.789. The highest BCUT2D eigenvalue weighted by Crippen LogP contribution is 2.16. The molecule has 132 valence electrons. The lowest BCUT2D eigenvalue weighted by molar-refractivity contribution is -0.140. The van der Waals surface area contributed by atoms with Crippen LogP contribution in [0.2, 0.25) is 0 Å². The molecule has 3 rings (SSSR count). The molecule has 6 nitrogen and oxygen atoms in total. The Morgan fingerprint density at radius 2 is 2.04 bits per heavy atom. The number of nitrogens with zero attached hydrogens (tertiary/aromatic N) is 4. The van der Waals surface area contributed by atoms with Gasteiger partial charge in [0.05, 0.1) is 30.6 Å². The second-order valence-electron chi connectivity index (χ2n) is 6.74. The van der Waals surface area contributed by atoms with E-state index >= 15 is 0 Å². The average Bonchev–Trinajstić information content (AvgIpc) is 3.13. The summed E-state index contributed by atoms with van der Waals surface area (Å²) in [6.45, 7) is 7.16. The van der Waals surface area contributed by atoms with E-state index in [1.54, 1.807) is 12.4 Å². The van der Waals surface area contributed by atoms with Crippen LogP contribution in [0.15, 0.2) is 12.4 Å². The molecule has 0 radical (unpaired) electrons. The molecule has 1 atom stereocenters. The normalized spacial score (nSPS) is 22.0. The van der Waals surface area contributed by atoms with Gasteiger partial charge in [-0.3, -0.25) is 14.8 Å². The van der Waals surface area contributed by atoms with E-state index in [1.807, 2.05) is 11.8 Å². The van der Waals surface area contributed by atoms with Crippen molar-refractivity contribution in [3.63, 3.8) is 0 Å². The summed E-state index contributed by atoms with van der Waals surface area (Å²) in [7, 11) is 0. The number of amides is 1. The Morgan fingerprint density at radius 1 is 1.25 bits per heavy atom. The van der Waals surface area contributed by atoms with E-state index < -0.39 is 0 Å². The highest BCUT2D eigenvalue weighted by atomic mass is 16.5. The Hall–Kier alpha value is -1.53. The van der Waals surface area contributed by atoms with Crippen molar-refractivity contribution in [3.8, 4) is 0 Å². The first-order valence-electron chi connectivity index (χ1n) is 9.10. The monoisotopic (exact) mass is 332 g/mol. The Morgan fingerprint density at radius 3 is 2.83 bits per heavy atom. The van der Waals surface area contributed by atoms with E-state index in [0.717, 1.165) is 43.9 Å². The van der Waals surface area contributed by atoms with Crippen LogP contribution in [0.3, 0.4) is 0 Å². The van der Waals surface area contributed by atoms with E-state index in [2.05, 4.69) is 14.9 Å². The lowest BCUT2D eigenvalue weighted by Gasteiger charge is -2.36. The molecule has 0 spiro atoms. The molecule has 0 bridgehead atoms. The van der Waals surface area contributed by atoms with Crippen LogP contribution in [0.1, 0.15) is 37.1 Å². The zero-order valence-electron chi connectivity index (χ0n) is 14.6. The minimum atomic E-state index is 0.159. The van der Waals surface area contributed by atoms with E-state index in [0.29, 0.717) is 26.2 Å². The number of carbonyl (C=O) groups is 1. The molecule has 2 fully saturated rings. The topological polar surface area (TPSA) is 58.6 Å². The van der Waals surface area contributed by atoms with Crippen molar-refractivity contribution >= 4 is 5.91 Å². The van der Waals surface area contributed by atoms with Crippen LogP contribution in [0.25, 0.3) is 0 Å². The van der Waals surface area contributed by atoms with Gasteiger partial charge in [-0.1, -0.05) is 0 Å². The van der Waals surface area contributed by atoms with E-state index in [4.69, 9.17) is 4.74 Å². The summed E-state index contributed by atoms with van der Waals surface area (Å²) < 4.78 is 5.62. The highest BCUT2D eigenvalue weighted by molar-refractivity contribution is 5.76. The molecular weight excluding hydrogens is 304 g/mol. The van der Waals surface area contributed by atoms with Crippen molar-refractivity contribution in [3.05, 3.63) is 23.8 Å². The molecule has 3 heterocycles. The van der Waals surface area contributed by atoms with Crippen LogP contribution in [0.4, 0.5) is 0 Å². The van der Waals surface area contributed by atoms with Gasteiger partial charge in [0.2, 0.25) is 5.91 Å². The van der Waals surface area contributed by atoms with Gasteiger partial charge in [-0.2, -0.15) is 0 Å². The van der Waals surface area contributed by atoms with E-state index in [9.17, 15) is 4.79 Å². The fraction of sp³-hybridized carbons (Fsp3) is 0.722. The molecule has 0 saturated carbocycles. The molecule has 1 amide bonds. The van der Waals surface area contributed by atoms with Crippen molar-refractivity contribution in [2.45, 2.75) is 45.1 Å². The maximum absolute atomic E-state index is 12.7. The summed E-state index contributed by atoms with van der Waals surface area (Å²) in [6, 6.07) is 0.159. The maximum Gasteiger partial charge on any atom is 0.224 e. The number of likely N-dealkylation sites (tertiary alicyclic amines) is 1. The molecule has 2 aliphatic rings. The number of morpholine rings is 1. The Bertz CT molecular complexity index is 546. The molecule has 0 unspecified atom stereocenters. The van der Waals surface area contributed by atoms with Gasteiger partial charge in [0, 0.05) is 31.9 Å². The Kier molecular flexibility index (Phi) is 6.15. The molecule has 1 aromatic heterocycles. The molecule has 1 aromatic rings. The van der Waals surface area contributed by atoms with Gasteiger partial charge in [-0.05, 0) is 45.7 Å². The molecule has 0 N–H and O–H groups in total. The number of hydrogen-bond acceptors (Lipinski definition) is 5. The molecule has 24 heavy (non-hydrogen) atoms. The van der Waals surface area contributed by atoms with Gasteiger partial charge < -0.3 is 14.5 Å². The lowest BCUT2D eigenvalue weighted by atomic mass is 10.1. The lowest BCUT2D eigenvalue weighted by Crippen LogP contribution is -2.49. The summed E-state index contributed by atoms with van der Waals surface area (Å²) in [6.07, 6.45) is 8.34. The van der Waals surface area contributed by atoms with Crippen LogP contribution in [0.5, 0.6) is 0 Å². The molecule has 0 aromatic carbocycles. The predicted molar refractivity (Wildman–Crippen MR) is 91.7 cm³/mol. The van der Waals surface area contributed by atoms with Crippen LogP contribution in [-0.4, -0.2) is 71.1 Å². The Balaban J connectivity index is 1.52. The third-order valence-electron chi connectivity index (χ3n) is 5.09. The zero-order chi connectivity index (χ0) is 16.8. The average molecular weight is 332 g/mol. The van der Waals surface area contributed by atoms with E-state index in [1.165, 1.54) is 12.8 Å².